The van der Waals surface area contributed by atoms with Gasteiger partial charge in [0, 0.05) is 6.42 Å². The molecule has 0 heterocycles. The summed E-state index contributed by atoms with van der Waals surface area (Å²) >= 11 is 0. The normalized spacial score (nSPS) is 11.5. The van der Waals surface area contributed by atoms with Gasteiger partial charge in [0.15, 0.2) is 0 Å². The zero-order valence-corrected chi connectivity index (χ0v) is 12.4. The number of aldehydes is 1. The van der Waals surface area contributed by atoms with Gasteiger partial charge in [-0.15, -0.1) is 0 Å². The van der Waals surface area contributed by atoms with E-state index in [9.17, 15) is 9.59 Å². The molecule has 0 amide bonds. The molecule has 0 N–H and O–H groups in total. The van der Waals surface area contributed by atoms with Crippen LogP contribution in [0.1, 0.15) is 23.5 Å². The lowest BCUT2D eigenvalue weighted by Gasteiger charge is -2.13. The zero-order valence-electron chi connectivity index (χ0n) is 12.4. The van der Waals surface area contributed by atoms with E-state index in [1.165, 1.54) is 7.11 Å². The highest BCUT2D eigenvalue weighted by Crippen LogP contribution is 2.23. The highest BCUT2D eigenvalue weighted by Gasteiger charge is 2.20. The van der Waals surface area contributed by atoms with Gasteiger partial charge in [0.2, 0.25) is 0 Å². The fraction of sp³-hybridized carbons (Fsp3) is 0.222. The summed E-state index contributed by atoms with van der Waals surface area (Å²) in [6.45, 7) is 0.481. The molecule has 2 aromatic rings. The van der Waals surface area contributed by atoms with Crippen LogP contribution < -0.4 is 4.74 Å². The minimum absolute atomic E-state index is 0.108. The molecule has 2 rings (SSSR count). The number of ether oxygens (including phenoxy) is 2. The molecule has 0 fully saturated rings. The van der Waals surface area contributed by atoms with E-state index in [1.54, 1.807) is 24.3 Å². The fourth-order valence-electron chi connectivity index (χ4n) is 2.14. The molecular formula is C18H18O4. The Kier molecular flexibility index (Phi) is 5.72. The van der Waals surface area contributed by atoms with Gasteiger partial charge in [0.05, 0.1) is 13.0 Å². The highest BCUT2D eigenvalue weighted by molar-refractivity contribution is 5.81. The van der Waals surface area contributed by atoms with Crippen LogP contribution in [-0.2, 0) is 20.9 Å². The Morgan fingerprint density at radius 1 is 1.09 bits per heavy atom. The Balaban J connectivity index is 2.02. The van der Waals surface area contributed by atoms with Crippen molar-refractivity contribution in [1.29, 1.82) is 0 Å². The molecule has 22 heavy (non-hydrogen) atoms. The smallest absolute Gasteiger partial charge is 0.313 e. The van der Waals surface area contributed by atoms with Gasteiger partial charge in [0.1, 0.15) is 18.6 Å². The Labute approximate surface area is 129 Å². The van der Waals surface area contributed by atoms with Crippen LogP contribution in [-0.4, -0.2) is 19.4 Å². The van der Waals surface area contributed by atoms with E-state index in [0.717, 1.165) is 17.4 Å². The second kappa shape index (κ2) is 7.98. The zero-order chi connectivity index (χ0) is 15.8. The number of benzene rings is 2. The summed E-state index contributed by atoms with van der Waals surface area (Å²) in [5, 5.41) is 0. The van der Waals surface area contributed by atoms with E-state index in [2.05, 4.69) is 0 Å². The summed E-state index contributed by atoms with van der Waals surface area (Å²) in [5.74, 6) is -0.266. The average molecular weight is 298 g/mol. The lowest BCUT2D eigenvalue weighted by molar-refractivity contribution is -0.143. The van der Waals surface area contributed by atoms with E-state index < -0.39 is 11.9 Å². The summed E-state index contributed by atoms with van der Waals surface area (Å²) in [7, 11) is 1.32. The van der Waals surface area contributed by atoms with Crippen LogP contribution >= 0.6 is 0 Å². The quantitative estimate of drug-likeness (QED) is 0.582. The van der Waals surface area contributed by atoms with Gasteiger partial charge < -0.3 is 14.3 Å². The van der Waals surface area contributed by atoms with Gasteiger partial charge in [-0.1, -0.05) is 42.5 Å². The van der Waals surface area contributed by atoms with Gasteiger partial charge in [-0.3, -0.25) is 4.79 Å². The number of rotatable bonds is 7. The monoisotopic (exact) mass is 298 g/mol. The standard InChI is InChI=1S/C18H18O4/c1-21-18(20)17(11-12-19)15-7-9-16(10-8-15)22-13-14-5-3-2-4-6-14/h2-10,12,17H,11,13H2,1H3. The summed E-state index contributed by atoms with van der Waals surface area (Å²) in [5.41, 5.74) is 1.82. The Bertz CT molecular complexity index is 605. The van der Waals surface area contributed by atoms with Gasteiger partial charge in [-0.2, -0.15) is 0 Å². The molecule has 0 aromatic heterocycles. The third-order valence-corrected chi connectivity index (χ3v) is 3.35. The van der Waals surface area contributed by atoms with Crippen molar-refractivity contribution in [3.05, 3.63) is 65.7 Å². The number of hydrogen-bond acceptors (Lipinski definition) is 4. The topological polar surface area (TPSA) is 52.6 Å². The maximum Gasteiger partial charge on any atom is 0.313 e. The number of methoxy groups -OCH3 is 1. The highest BCUT2D eigenvalue weighted by atomic mass is 16.5. The second-order valence-electron chi connectivity index (χ2n) is 4.82. The van der Waals surface area contributed by atoms with E-state index >= 15 is 0 Å². The van der Waals surface area contributed by atoms with Crippen LogP contribution in [0.15, 0.2) is 54.6 Å². The van der Waals surface area contributed by atoms with Gasteiger partial charge >= 0.3 is 5.97 Å². The molecule has 114 valence electrons. The Morgan fingerprint density at radius 3 is 2.36 bits per heavy atom. The first kappa shape index (κ1) is 15.8. The molecule has 1 unspecified atom stereocenters. The molecule has 0 saturated carbocycles. The molecule has 0 radical (unpaired) electrons. The lowest BCUT2D eigenvalue weighted by Crippen LogP contribution is -2.14. The maximum atomic E-state index is 11.7. The summed E-state index contributed by atoms with van der Waals surface area (Å²) in [6, 6.07) is 17.0. The first-order valence-corrected chi connectivity index (χ1v) is 7.02. The molecule has 2 aromatic carbocycles. The predicted molar refractivity (Wildman–Crippen MR) is 82.7 cm³/mol. The van der Waals surface area contributed by atoms with Crippen molar-refractivity contribution in [2.75, 3.05) is 7.11 Å². The summed E-state index contributed by atoms with van der Waals surface area (Å²) in [4.78, 5) is 22.4. The van der Waals surface area contributed by atoms with Gasteiger partial charge in [0.25, 0.3) is 0 Å². The van der Waals surface area contributed by atoms with Crippen LogP contribution in [0.3, 0.4) is 0 Å². The summed E-state index contributed by atoms with van der Waals surface area (Å²) < 4.78 is 10.4. The first-order chi connectivity index (χ1) is 10.7. The van der Waals surface area contributed by atoms with E-state index in [1.807, 2.05) is 30.3 Å². The van der Waals surface area contributed by atoms with Crippen LogP contribution in [0, 0.1) is 0 Å². The van der Waals surface area contributed by atoms with Crippen LogP contribution in [0.2, 0.25) is 0 Å². The molecule has 1 atom stereocenters. The minimum Gasteiger partial charge on any atom is -0.489 e. The van der Waals surface area contributed by atoms with Crippen molar-refractivity contribution >= 4 is 12.3 Å². The van der Waals surface area contributed by atoms with Crippen LogP contribution in [0.5, 0.6) is 5.75 Å². The molecule has 4 nitrogen and oxygen atoms in total. The Hall–Kier alpha value is -2.62. The van der Waals surface area contributed by atoms with Crippen molar-refractivity contribution in [3.8, 4) is 5.75 Å². The van der Waals surface area contributed by atoms with Crippen LogP contribution in [0.25, 0.3) is 0 Å². The molecule has 0 saturated heterocycles. The van der Waals surface area contributed by atoms with Gasteiger partial charge in [-0.05, 0) is 23.3 Å². The number of carbonyl (C=O) groups excluding carboxylic acids is 2. The predicted octanol–water partition coefficient (Wildman–Crippen LogP) is 3.11. The molecule has 4 heteroatoms. The van der Waals surface area contributed by atoms with Crippen molar-refractivity contribution in [2.24, 2.45) is 0 Å². The Morgan fingerprint density at radius 2 is 1.77 bits per heavy atom. The first-order valence-electron chi connectivity index (χ1n) is 7.02. The van der Waals surface area contributed by atoms with E-state index in [4.69, 9.17) is 9.47 Å². The largest absolute Gasteiger partial charge is 0.489 e. The van der Waals surface area contributed by atoms with Gasteiger partial charge in [-0.25, -0.2) is 0 Å². The average Bonchev–Trinajstić information content (AvgIpc) is 2.59. The third-order valence-electron chi connectivity index (χ3n) is 3.35. The SMILES string of the molecule is COC(=O)C(CC=O)c1ccc(OCc2ccccc2)cc1. The lowest BCUT2D eigenvalue weighted by atomic mass is 9.96. The molecule has 0 aliphatic carbocycles. The second-order valence-corrected chi connectivity index (χ2v) is 4.82. The number of carbonyl (C=O) groups is 2. The van der Waals surface area contributed by atoms with Crippen molar-refractivity contribution < 1.29 is 19.1 Å². The van der Waals surface area contributed by atoms with Crippen molar-refractivity contribution in [2.45, 2.75) is 18.9 Å². The third kappa shape index (κ3) is 4.19. The minimum atomic E-state index is -0.564. The molecular weight excluding hydrogens is 280 g/mol. The van der Waals surface area contributed by atoms with E-state index in [0.29, 0.717) is 12.4 Å². The van der Waals surface area contributed by atoms with Crippen LogP contribution in [0.4, 0.5) is 0 Å². The number of esters is 1. The molecule has 0 aliphatic heterocycles. The van der Waals surface area contributed by atoms with E-state index in [-0.39, 0.29) is 6.42 Å². The number of hydrogen-bond donors (Lipinski definition) is 0. The van der Waals surface area contributed by atoms with Crippen molar-refractivity contribution in [1.82, 2.24) is 0 Å². The molecule has 0 bridgehead atoms. The fourth-order valence-corrected chi connectivity index (χ4v) is 2.14. The maximum absolute atomic E-state index is 11.7. The summed E-state index contributed by atoms with van der Waals surface area (Å²) in [6.07, 6.45) is 0.832. The molecule has 0 spiro atoms. The molecule has 0 aliphatic rings. The van der Waals surface area contributed by atoms with Crippen molar-refractivity contribution in [3.63, 3.8) is 0 Å².